The summed E-state index contributed by atoms with van der Waals surface area (Å²) in [5, 5.41) is 15.0. The van der Waals surface area contributed by atoms with Crippen LogP contribution in [0.15, 0.2) is 72.9 Å². The van der Waals surface area contributed by atoms with Crippen molar-refractivity contribution in [2.75, 3.05) is 31.2 Å². The van der Waals surface area contributed by atoms with Gasteiger partial charge in [-0.3, -0.25) is 10.1 Å². The van der Waals surface area contributed by atoms with Crippen LogP contribution < -0.4 is 10.2 Å². The zero-order valence-corrected chi connectivity index (χ0v) is 24.3. The first-order valence-corrected chi connectivity index (χ1v) is 14.2. The average molecular weight is 647 g/mol. The number of hydrogen-bond acceptors (Lipinski definition) is 9. The van der Waals surface area contributed by atoms with Gasteiger partial charge in [0, 0.05) is 29.6 Å². The number of carbonyl (C=O) groups is 3. The fourth-order valence-electron chi connectivity index (χ4n) is 5.12. The highest BCUT2D eigenvalue weighted by molar-refractivity contribution is 6.00. The number of cyclic esters (lactones) is 1. The maximum absolute atomic E-state index is 12.1. The number of aromatic nitrogens is 4. The minimum Gasteiger partial charge on any atom is -0.475 e. The van der Waals surface area contributed by atoms with Crippen LogP contribution in [-0.4, -0.2) is 75.1 Å². The number of ether oxygens (including phenoxy) is 2. The number of morpholine rings is 1. The third-order valence-corrected chi connectivity index (χ3v) is 7.33. The van der Waals surface area contributed by atoms with Crippen molar-refractivity contribution in [3.8, 4) is 11.3 Å². The first kappa shape index (κ1) is 31.2. The van der Waals surface area contributed by atoms with Gasteiger partial charge >= 0.3 is 18.2 Å². The Morgan fingerprint density at radius 1 is 0.957 bits per heavy atom. The van der Waals surface area contributed by atoms with Crippen LogP contribution >= 0.6 is 0 Å². The lowest BCUT2D eigenvalue weighted by atomic mass is 10.0. The molecule has 2 aromatic carbocycles. The number of carbonyl (C=O) groups excluding carboxylic acids is 2. The van der Waals surface area contributed by atoms with Crippen molar-refractivity contribution >= 4 is 52.4 Å². The lowest BCUT2D eigenvalue weighted by molar-refractivity contribution is -0.192. The third-order valence-electron chi connectivity index (χ3n) is 7.33. The van der Waals surface area contributed by atoms with Gasteiger partial charge in [-0.15, -0.1) is 0 Å². The number of amides is 2. The molecule has 7 rings (SSSR count). The smallest absolute Gasteiger partial charge is 0.475 e. The zero-order valence-electron chi connectivity index (χ0n) is 24.3. The quantitative estimate of drug-likeness (QED) is 0.270. The van der Waals surface area contributed by atoms with Crippen molar-refractivity contribution in [3.63, 3.8) is 0 Å². The number of anilines is 1. The summed E-state index contributed by atoms with van der Waals surface area (Å²) < 4.78 is 44.3. The molecule has 5 aromatic rings. The van der Waals surface area contributed by atoms with E-state index in [4.69, 9.17) is 29.3 Å². The number of imide groups is 1. The lowest BCUT2D eigenvalue weighted by Crippen LogP contribution is -2.36. The van der Waals surface area contributed by atoms with Gasteiger partial charge in [0.05, 0.1) is 42.0 Å². The Bertz CT molecular complexity index is 2000. The summed E-state index contributed by atoms with van der Waals surface area (Å²) in [5.41, 5.74) is 6.39. The number of carboxylic acid groups (broad SMARTS) is 1. The number of pyridine rings is 1. The fourth-order valence-corrected chi connectivity index (χ4v) is 5.12. The molecule has 15 heteroatoms. The highest BCUT2D eigenvalue weighted by Gasteiger charge is 2.38. The van der Waals surface area contributed by atoms with Gasteiger partial charge in [0.15, 0.2) is 5.65 Å². The molecule has 12 nitrogen and oxygen atoms in total. The molecule has 0 saturated carbocycles. The molecule has 0 aliphatic carbocycles. The lowest BCUT2D eigenvalue weighted by Gasteiger charge is -2.28. The van der Waals surface area contributed by atoms with Gasteiger partial charge < -0.3 is 19.5 Å². The van der Waals surface area contributed by atoms with E-state index in [0.29, 0.717) is 18.8 Å². The first-order valence-electron chi connectivity index (χ1n) is 14.2. The second-order valence-electron chi connectivity index (χ2n) is 10.4. The van der Waals surface area contributed by atoms with Crippen molar-refractivity contribution in [2.45, 2.75) is 12.3 Å². The van der Waals surface area contributed by atoms with Crippen molar-refractivity contribution in [3.05, 3.63) is 89.9 Å². The van der Waals surface area contributed by atoms with Gasteiger partial charge in [-0.1, -0.05) is 48.5 Å². The van der Waals surface area contributed by atoms with Crippen LogP contribution in [0.3, 0.4) is 0 Å². The number of hydrogen-bond donors (Lipinski definition) is 2. The topological polar surface area (TPSA) is 148 Å². The SMILES string of the molecule is O=C(O)C(F)(F)F.O=C1NC(=O)C(c2ccc(-c3c(C=Cc4ccc5ccccc5n4)nc4c(N5CCOCC5)ccnn34)cc2)O1. The largest absolute Gasteiger partial charge is 0.490 e. The van der Waals surface area contributed by atoms with Crippen LogP contribution in [-0.2, 0) is 19.1 Å². The molecule has 2 fully saturated rings. The molecule has 0 spiro atoms. The molecule has 3 aromatic heterocycles. The van der Waals surface area contributed by atoms with E-state index < -0.39 is 30.2 Å². The van der Waals surface area contributed by atoms with Crippen LogP contribution in [0.5, 0.6) is 0 Å². The average Bonchev–Trinajstić information content (AvgIpc) is 3.62. The molecule has 0 bridgehead atoms. The Balaban J connectivity index is 0.000000499. The summed E-state index contributed by atoms with van der Waals surface area (Å²) in [6.45, 7) is 2.85. The molecule has 2 N–H and O–H groups in total. The van der Waals surface area contributed by atoms with Crippen molar-refractivity contribution < 1.29 is 42.1 Å². The molecular weight excluding hydrogens is 621 g/mol. The standard InChI is InChI=1S/C30H24N6O4.C2HF3O2/c37-29-27(40-30(38)34-29)21-7-5-20(6-8-21)26-24(12-11-22-10-9-19-3-1-2-4-23(19)32-22)33-28-25(13-14-31-36(26)28)35-15-17-39-18-16-35;3-2(4,5)1(6)7/h1-14,27H,15-18H2,(H,34,37,38);(H,6,7). The van der Waals surface area contributed by atoms with E-state index in [0.717, 1.165) is 58.0 Å². The maximum Gasteiger partial charge on any atom is 0.490 e. The number of benzene rings is 2. The van der Waals surface area contributed by atoms with E-state index in [1.165, 1.54) is 0 Å². The second-order valence-corrected chi connectivity index (χ2v) is 10.4. The molecule has 2 aliphatic rings. The van der Waals surface area contributed by atoms with Gasteiger partial charge in [0.1, 0.15) is 5.69 Å². The molecule has 1 unspecified atom stereocenters. The minimum absolute atomic E-state index is 0.476. The summed E-state index contributed by atoms with van der Waals surface area (Å²) in [4.78, 5) is 44.6. The van der Waals surface area contributed by atoms with E-state index in [2.05, 4.69) is 21.4 Å². The normalized spacial score (nSPS) is 16.7. The van der Waals surface area contributed by atoms with Crippen molar-refractivity contribution in [1.82, 2.24) is 24.9 Å². The summed E-state index contributed by atoms with van der Waals surface area (Å²) in [6, 6.07) is 21.3. The Labute approximate surface area is 264 Å². The Kier molecular flexibility index (Phi) is 8.54. The maximum atomic E-state index is 12.1. The molecule has 1 atom stereocenters. The Morgan fingerprint density at radius 2 is 1.68 bits per heavy atom. The van der Waals surface area contributed by atoms with Crippen molar-refractivity contribution in [1.29, 1.82) is 0 Å². The second kappa shape index (κ2) is 12.9. The summed E-state index contributed by atoms with van der Waals surface area (Å²) in [7, 11) is 0. The summed E-state index contributed by atoms with van der Waals surface area (Å²) in [5.74, 6) is -3.23. The first-order chi connectivity index (χ1) is 22.6. The van der Waals surface area contributed by atoms with Gasteiger partial charge in [-0.2, -0.15) is 18.3 Å². The predicted octanol–water partition coefficient (Wildman–Crippen LogP) is 4.89. The number of imidazole rings is 1. The number of halogens is 3. The summed E-state index contributed by atoms with van der Waals surface area (Å²) in [6.07, 6.45) is -1.12. The van der Waals surface area contributed by atoms with E-state index in [-0.39, 0.29) is 0 Å². The highest BCUT2D eigenvalue weighted by Crippen LogP contribution is 2.32. The van der Waals surface area contributed by atoms with E-state index in [1.54, 1.807) is 18.3 Å². The molecule has 2 saturated heterocycles. The third kappa shape index (κ3) is 6.74. The number of aliphatic carboxylic acids is 1. The van der Waals surface area contributed by atoms with E-state index in [9.17, 15) is 22.8 Å². The van der Waals surface area contributed by atoms with E-state index in [1.807, 2.05) is 65.2 Å². The molecule has 0 radical (unpaired) electrons. The number of para-hydroxylation sites is 1. The highest BCUT2D eigenvalue weighted by atomic mass is 19.4. The zero-order chi connectivity index (χ0) is 33.1. The van der Waals surface area contributed by atoms with Gasteiger partial charge in [0.25, 0.3) is 5.91 Å². The number of nitrogens with zero attached hydrogens (tertiary/aromatic N) is 5. The molecule has 47 heavy (non-hydrogen) atoms. The van der Waals surface area contributed by atoms with Crippen LogP contribution in [0.2, 0.25) is 0 Å². The van der Waals surface area contributed by atoms with Crippen LogP contribution in [0.4, 0.5) is 23.7 Å². The number of fused-ring (bicyclic) bond motifs is 2. The molecule has 2 aliphatic heterocycles. The number of carboxylic acids is 1. The molecule has 2 amide bonds. The predicted molar refractivity (Wildman–Crippen MR) is 163 cm³/mol. The van der Waals surface area contributed by atoms with Gasteiger partial charge in [-0.25, -0.2) is 24.1 Å². The monoisotopic (exact) mass is 646 g/mol. The number of rotatable bonds is 5. The number of nitrogens with one attached hydrogen (secondary N) is 1. The fraction of sp³-hybridized carbons (Fsp3) is 0.188. The Hall–Kier alpha value is -5.83. The van der Waals surface area contributed by atoms with Crippen LogP contribution in [0.1, 0.15) is 23.1 Å². The van der Waals surface area contributed by atoms with E-state index >= 15 is 0 Å². The summed E-state index contributed by atoms with van der Waals surface area (Å²) >= 11 is 0. The molecule has 5 heterocycles. The van der Waals surface area contributed by atoms with Crippen molar-refractivity contribution in [2.24, 2.45) is 0 Å². The Morgan fingerprint density at radius 3 is 2.36 bits per heavy atom. The minimum atomic E-state index is -5.08. The van der Waals surface area contributed by atoms with Gasteiger partial charge in [0.2, 0.25) is 6.10 Å². The number of alkyl halides is 3. The van der Waals surface area contributed by atoms with Gasteiger partial charge in [-0.05, 0) is 30.4 Å². The molecule has 240 valence electrons. The molecular formula is C32H25F3N6O6. The van der Waals surface area contributed by atoms with Crippen LogP contribution in [0.25, 0.3) is 40.0 Å². The number of alkyl carbamates (subject to hydrolysis) is 1. The van der Waals surface area contributed by atoms with Crippen LogP contribution in [0, 0.1) is 0 Å².